The van der Waals surface area contributed by atoms with E-state index in [2.05, 4.69) is 0 Å². The molecule has 0 radical (unpaired) electrons. The maximum atomic E-state index is 13.0. The first-order chi connectivity index (χ1) is 9.04. The topological polar surface area (TPSA) is 26.3 Å². The Morgan fingerprint density at radius 2 is 2.26 bits per heavy atom. The van der Waals surface area contributed by atoms with Crippen molar-refractivity contribution in [3.05, 3.63) is 34.6 Å². The summed E-state index contributed by atoms with van der Waals surface area (Å²) in [5.74, 6) is 1.18. The fraction of sp³-hybridized carbons (Fsp3) is 0.500. The van der Waals surface area contributed by atoms with Crippen LogP contribution in [-0.4, -0.2) is 18.8 Å². The van der Waals surface area contributed by atoms with E-state index in [-0.39, 0.29) is 22.2 Å². The normalized spacial score (nSPS) is 16.2. The van der Waals surface area contributed by atoms with E-state index in [1.165, 1.54) is 13.2 Å². The number of carbonyl (C=O) groups is 1. The van der Waals surface area contributed by atoms with Gasteiger partial charge in [0.25, 0.3) is 0 Å². The third kappa shape index (κ3) is 4.11. The van der Waals surface area contributed by atoms with Crippen LogP contribution in [0.25, 0.3) is 0 Å². The average Bonchev–Trinajstić information content (AvgIpc) is 3.13. The zero-order chi connectivity index (χ0) is 13.9. The van der Waals surface area contributed by atoms with Gasteiger partial charge in [-0.25, -0.2) is 4.39 Å². The second-order valence-corrected chi connectivity index (χ2v) is 6.39. The van der Waals surface area contributed by atoms with Gasteiger partial charge in [0.2, 0.25) is 0 Å². The molecule has 0 aromatic heterocycles. The molecule has 2 rings (SSSR count). The molecule has 0 aliphatic heterocycles. The quantitative estimate of drug-likeness (QED) is 0.741. The summed E-state index contributed by atoms with van der Waals surface area (Å²) in [6, 6.07) is 4.79. The van der Waals surface area contributed by atoms with Crippen molar-refractivity contribution in [2.45, 2.75) is 25.0 Å². The molecule has 1 aromatic rings. The van der Waals surface area contributed by atoms with Crippen LogP contribution in [-0.2, 0) is 15.3 Å². The highest BCUT2D eigenvalue weighted by molar-refractivity contribution is 7.98. The summed E-state index contributed by atoms with van der Waals surface area (Å²) >= 11 is 7.49. The Kier molecular flexibility index (Phi) is 4.74. The van der Waals surface area contributed by atoms with Gasteiger partial charge in [0.1, 0.15) is 5.82 Å². The lowest BCUT2D eigenvalue weighted by Gasteiger charge is -2.13. The Bertz CT molecular complexity index is 475. The number of hydrogen-bond donors (Lipinski definition) is 0. The van der Waals surface area contributed by atoms with Crippen LogP contribution in [0.4, 0.5) is 4.39 Å². The van der Waals surface area contributed by atoms with Crippen LogP contribution in [0.15, 0.2) is 18.2 Å². The molecule has 1 aliphatic carbocycles. The molecule has 1 aromatic carbocycles. The molecule has 1 fully saturated rings. The number of halogens is 2. The highest BCUT2D eigenvalue weighted by atomic mass is 35.5. The lowest BCUT2D eigenvalue weighted by molar-refractivity contribution is -0.141. The van der Waals surface area contributed by atoms with Crippen LogP contribution < -0.4 is 0 Å². The van der Waals surface area contributed by atoms with Crippen LogP contribution in [0.2, 0.25) is 5.02 Å². The predicted octanol–water partition coefficient (Wildman–Crippen LogP) is 4.06. The van der Waals surface area contributed by atoms with Crippen molar-refractivity contribution in [2.75, 3.05) is 12.9 Å². The van der Waals surface area contributed by atoms with Gasteiger partial charge in [-0.2, -0.15) is 11.8 Å². The lowest BCUT2D eigenvalue weighted by Crippen LogP contribution is -2.13. The molecule has 0 atom stereocenters. The number of methoxy groups -OCH3 is 1. The molecule has 2 nitrogen and oxygen atoms in total. The van der Waals surface area contributed by atoms with E-state index in [1.54, 1.807) is 23.9 Å². The SMILES string of the molecule is COC(=O)CC1(CSCc2ccc(F)c(Cl)c2)CC1. The maximum absolute atomic E-state index is 13.0. The number of thioether (sulfide) groups is 1. The van der Waals surface area contributed by atoms with Gasteiger partial charge in [0, 0.05) is 5.75 Å². The van der Waals surface area contributed by atoms with Gasteiger partial charge in [-0.1, -0.05) is 17.7 Å². The number of esters is 1. The third-order valence-corrected chi connectivity index (χ3v) is 5.01. The van der Waals surface area contributed by atoms with Gasteiger partial charge in [-0.05, 0) is 41.7 Å². The van der Waals surface area contributed by atoms with Gasteiger partial charge in [-0.3, -0.25) is 4.79 Å². The Morgan fingerprint density at radius 3 is 2.84 bits per heavy atom. The highest BCUT2D eigenvalue weighted by Gasteiger charge is 2.44. The number of ether oxygens (including phenoxy) is 1. The minimum Gasteiger partial charge on any atom is -0.469 e. The molecule has 1 aliphatic rings. The number of rotatable bonds is 6. The van der Waals surface area contributed by atoms with E-state index in [9.17, 15) is 9.18 Å². The molecule has 0 amide bonds. The highest BCUT2D eigenvalue weighted by Crippen LogP contribution is 2.51. The van der Waals surface area contributed by atoms with Crippen molar-refractivity contribution in [2.24, 2.45) is 5.41 Å². The smallest absolute Gasteiger partial charge is 0.306 e. The number of hydrogen-bond acceptors (Lipinski definition) is 3. The predicted molar refractivity (Wildman–Crippen MR) is 75.9 cm³/mol. The Hall–Kier alpha value is -0.740. The molecule has 0 N–H and O–H groups in total. The van der Waals surface area contributed by atoms with Gasteiger partial charge in [0.05, 0.1) is 18.6 Å². The standard InChI is InChI=1S/C14H16ClFO2S/c1-18-13(17)7-14(4-5-14)9-19-8-10-2-3-12(16)11(15)6-10/h2-3,6H,4-5,7-9H2,1H3. The van der Waals surface area contributed by atoms with Crippen LogP contribution >= 0.6 is 23.4 Å². The molecule has 0 heterocycles. The minimum atomic E-state index is -0.389. The van der Waals surface area contributed by atoms with Crippen LogP contribution in [0.3, 0.4) is 0 Å². The first kappa shape index (κ1) is 14.7. The van der Waals surface area contributed by atoms with E-state index in [0.717, 1.165) is 29.9 Å². The molecule has 0 saturated heterocycles. The molecule has 0 spiro atoms. The van der Waals surface area contributed by atoms with Gasteiger partial charge >= 0.3 is 5.97 Å². The summed E-state index contributed by atoms with van der Waals surface area (Å²) in [5, 5.41) is 0.161. The van der Waals surface area contributed by atoms with Crippen LogP contribution in [0, 0.1) is 11.2 Å². The van der Waals surface area contributed by atoms with Crippen molar-refractivity contribution >= 4 is 29.3 Å². The fourth-order valence-corrected chi connectivity index (χ4v) is 3.49. The third-order valence-electron chi connectivity index (χ3n) is 3.37. The van der Waals surface area contributed by atoms with Gasteiger partial charge in [0.15, 0.2) is 0 Å². The summed E-state index contributed by atoms with van der Waals surface area (Å²) in [7, 11) is 1.42. The molecule has 1 saturated carbocycles. The molecular formula is C14H16ClFO2S. The van der Waals surface area contributed by atoms with Crippen molar-refractivity contribution in [1.29, 1.82) is 0 Å². The molecule has 104 valence electrons. The van der Waals surface area contributed by atoms with Crippen molar-refractivity contribution in [3.63, 3.8) is 0 Å². The van der Waals surface area contributed by atoms with E-state index in [4.69, 9.17) is 16.3 Å². The monoisotopic (exact) mass is 302 g/mol. The van der Waals surface area contributed by atoms with Crippen molar-refractivity contribution in [1.82, 2.24) is 0 Å². The van der Waals surface area contributed by atoms with Crippen LogP contribution in [0.5, 0.6) is 0 Å². The first-order valence-electron chi connectivity index (χ1n) is 6.13. The van der Waals surface area contributed by atoms with E-state index >= 15 is 0 Å². The Morgan fingerprint density at radius 1 is 1.53 bits per heavy atom. The summed E-state index contributed by atoms with van der Waals surface area (Å²) in [6.45, 7) is 0. The largest absolute Gasteiger partial charge is 0.469 e. The summed E-state index contributed by atoms with van der Waals surface area (Å²) < 4.78 is 17.7. The zero-order valence-electron chi connectivity index (χ0n) is 10.7. The Balaban J connectivity index is 1.80. The van der Waals surface area contributed by atoms with Crippen molar-refractivity contribution < 1.29 is 13.9 Å². The van der Waals surface area contributed by atoms with E-state index < -0.39 is 0 Å². The van der Waals surface area contributed by atoms with E-state index in [1.807, 2.05) is 0 Å². The second-order valence-electron chi connectivity index (χ2n) is 4.99. The number of benzene rings is 1. The molecule has 19 heavy (non-hydrogen) atoms. The molecular weight excluding hydrogens is 287 g/mol. The summed E-state index contributed by atoms with van der Waals surface area (Å²) in [4.78, 5) is 11.3. The summed E-state index contributed by atoms with van der Waals surface area (Å²) in [5.41, 5.74) is 1.13. The van der Waals surface area contributed by atoms with E-state index in [0.29, 0.717) is 6.42 Å². The van der Waals surface area contributed by atoms with Gasteiger partial charge < -0.3 is 4.74 Å². The summed E-state index contributed by atoms with van der Waals surface area (Å²) in [6.07, 6.45) is 2.67. The second kappa shape index (κ2) is 6.14. The molecule has 5 heteroatoms. The zero-order valence-corrected chi connectivity index (χ0v) is 12.3. The lowest BCUT2D eigenvalue weighted by atomic mass is 10.1. The van der Waals surface area contributed by atoms with Crippen LogP contribution in [0.1, 0.15) is 24.8 Å². The Labute approximate surface area is 121 Å². The number of carbonyl (C=O) groups excluding carboxylic acids is 1. The molecule has 0 unspecified atom stereocenters. The average molecular weight is 303 g/mol. The fourth-order valence-electron chi connectivity index (χ4n) is 1.94. The molecule has 0 bridgehead atoms. The first-order valence-corrected chi connectivity index (χ1v) is 7.66. The van der Waals surface area contributed by atoms with Crippen molar-refractivity contribution in [3.8, 4) is 0 Å². The minimum absolute atomic E-state index is 0.127. The van der Waals surface area contributed by atoms with Gasteiger partial charge in [-0.15, -0.1) is 0 Å². The maximum Gasteiger partial charge on any atom is 0.306 e.